The quantitative estimate of drug-likeness (QED) is 0.509. The van der Waals surface area contributed by atoms with Gasteiger partial charge in [0, 0.05) is 12.8 Å². The van der Waals surface area contributed by atoms with E-state index in [-0.39, 0.29) is 23.8 Å². The van der Waals surface area contributed by atoms with Crippen LogP contribution in [0.15, 0.2) is 0 Å². The molecule has 0 unspecified atom stereocenters. The summed E-state index contributed by atoms with van der Waals surface area (Å²) < 4.78 is 5.25. The number of hydrogen-bond donors (Lipinski definition) is 0. The molecule has 0 spiro atoms. The number of fused-ring (bicyclic) bond motifs is 2. The highest BCUT2D eigenvalue weighted by Gasteiger charge is 2.37. The van der Waals surface area contributed by atoms with E-state index in [0.717, 1.165) is 12.8 Å². The van der Waals surface area contributed by atoms with Crippen molar-refractivity contribution in [3.63, 3.8) is 0 Å². The van der Waals surface area contributed by atoms with Crippen LogP contribution >= 0.6 is 0 Å². The van der Waals surface area contributed by atoms with Gasteiger partial charge in [0.25, 0.3) is 0 Å². The van der Waals surface area contributed by atoms with E-state index < -0.39 is 0 Å². The van der Waals surface area contributed by atoms with Crippen molar-refractivity contribution >= 4 is 11.6 Å². The lowest BCUT2D eigenvalue weighted by Gasteiger charge is -2.04. The second-order valence-electron chi connectivity index (χ2n) is 3.12. The van der Waals surface area contributed by atoms with Gasteiger partial charge >= 0.3 is 0 Å². The first-order valence-corrected chi connectivity index (χ1v) is 3.98. The van der Waals surface area contributed by atoms with Crippen molar-refractivity contribution in [1.82, 2.24) is 0 Å². The second-order valence-corrected chi connectivity index (χ2v) is 3.12. The smallest absolute Gasteiger partial charge is 0.162 e. The molecule has 0 aliphatic carbocycles. The summed E-state index contributed by atoms with van der Waals surface area (Å²) in [6.07, 6.45) is 1.75. The maximum atomic E-state index is 11.1. The van der Waals surface area contributed by atoms with E-state index in [1.54, 1.807) is 0 Å². The van der Waals surface area contributed by atoms with Crippen molar-refractivity contribution in [2.45, 2.75) is 37.9 Å². The fraction of sp³-hybridized carbons (Fsp3) is 0.750. The van der Waals surface area contributed by atoms with Gasteiger partial charge in [-0.15, -0.1) is 0 Å². The van der Waals surface area contributed by atoms with Crippen molar-refractivity contribution in [2.75, 3.05) is 0 Å². The third-order valence-electron chi connectivity index (χ3n) is 2.36. The van der Waals surface area contributed by atoms with Crippen LogP contribution in [0.25, 0.3) is 0 Å². The lowest BCUT2D eigenvalue weighted by Crippen LogP contribution is -2.18. The minimum absolute atomic E-state index is 0.110. The fourth-order valence-electron chi connectivity index (χ4n) is 1.68. The normalized spacial score (nSPS) is 37.5. The molecule has 0 N–H and O–H groups in total. The lowest BCUT2D eigenvalue weighted by atomic mass is 9.99. The van der Waals surface area contributed by atoms with E-state index in [2.05, 4.69) is 0 Å². The molecule has 0 amide bonds. The van der Waals surface area contributed by atoms with Gasteiger partial charge in [-0.1, -0.05) is 0 Å². The molecule has 0 aromatic carbocycles. The van der Waals surface area contributed by atoms with Crippen LogP contribution in [0.2, 0.25) is 0 Å². The highest BCUT2D eigenvalue weighted by Crippen LogP contribution is 2.26. The van der Waals surface area contributed by atoms with Gasteiger partial charge in [-0.25, -0.2) is 0 Å². The van der Waals surface area contributed by atoms with Gasteiger partial charge in [-0.05, 0) is 12.8 Å². The van der Waals surface area contributed by atoms with E-state index >= 15 is 0 Å². The summed E-state index contributed by atoms with van der Waals surface area (Å²) in [6, 6.07) is 0. The molecule has 2 rings (SSSR count). The molecule has 2 aliphatic heterocycles. The Morgan fingerprint density at radius 2 is 1.45 bits per heavy atom. The van der Waals surface area contributed by atoms with Gasteiger partial charge < -0.3 is 4.74 Å². The van der Waals surface area contributed by atoms with Crippen molar-refractivity contribution in [1.29, 1.82) is 0 Å². The molecule has 0 aromatic rings. The Kier molecular flexibility index (Phi) is 1.53. The van der Waals surface area contributed by atoms with E-state index in [0.29, 0.717) is 12.8 Å². The molecular weight excluding hydrogens is 144 g/mol. The first-order valence-electron chi connectivity index (χ1n) is 3.98. The molecule has 2 heterocycles. The van der Waals surface area contributed by atoms with Crippen molar-refractivity contribution in [3.8, 4) is 0 Å². The molecular formula is C8H10O3. The average Bonchev–Trinajstić information content (AvgIpc) is 2.42. The monoisotopic (exact) mass is 154 g/mol. The van der Waals surface area contributed by atoms with Crippen molar-refractivity contribution < 1.29 is 14.3 Å². The molecule has 0 radical (unpaired) electrons. The van der Waals surface area contributed by atoms with E-state index in [4.69, 9.17) is 4.74 Å². The molecule has 11 heavy (non-hydrogen) atoms. The van der Waals surface area contributed by atoms with Crippen LogP contribution in [0.5, 0.6) is 0 Å². The minimum Gasteiger partial charge on any atom is -0.359 e. The summed E-state index contributed by atoms with van der Waals surface area (Å²) in [5.74, 6) is 0.219. The Morgan fingerprint density at radius 3 is 1.91 bits per heavy atom. The molecule has 2 aliphatic rings. The van der Waals surface area contributed by atoms with Crippen molar-refractivity contribution in [3.05, 3.63) is 0 Å². The number of carbonyl (C=O) groups excluding carboxylic acids is 2. The SMILES string of the molecule is O=C1CCC(=O)[C@H]2CC[C@@H]1O2. The molecule has 2 saturated heterocycles. The predicted octanol–water partition coefficient (Wildman–Crippen LogP) is 0.466. The van der Waals surface area contributed by atoms with Gasteiger partial charge in [0.2, 0.25) is 0 Å². The Balaban J connectivity index is 2.20. The molecule has 0 saturated carbocycles. The number of ether oxygens (including phenoxy) is 1. The van der Waals surface area contributed by atoms with Crippen LogP contribution in [-0.4, -0.2) is 23.8 Å². The average molecular weight is 154 g/mol. The van der Waals surface area contributed by atoms with Gasteiger partial charge in [0.15, 0.2) is 11.6 Å². The zero-order chi connectivity index (χ0) is 7.84. The largest absolute Gasteiger partial charge is 0.359 e. The van der Waals surface area contributed by atoms with Gasteiger partial charge in [-0.3, -0.25) is 9.59 Å². The number of rotatable bonds is 0. The van der Waals surface area contributed by atoms with Gasteiger partial charge in [0.05, 0.1) is 0 Å². The first-order chi connectivity index (χ1) is 5.27. The Morgan fingerprint density at radius 1 is 1.00 bits per heavy atom. The van der Waals surface area contributed by atoms with Crippen LogP contribution < -0.4 is 0 Å². The summed E-state index contributed by atoms with van der Waals surface area (Å²) in [6.45, 7) is 0. The Labute approximate surface area is 64.7 Å². The third-order valence-corrected chi connectivity index (χ3v) is 2.36. The molecule has 0 aromatic heterocycles. The van der Waals surface area contributed by atoms with Crippen LogP contribution in [0.4, 0.5) is 0 Å². The maximum absolute atomic E-state index is 11.1. The number of carbonyl (C=O) groups is 2. The zero-order valence-electron chi connectivity index (χ0n) is 6.21. The summed E-state index contributed by atoms with van der Waals surface area (Å²) >= 11 is 0. The van der Waals surface area contributed by atoms with Crippen LogP contribution in [0.1, 0.15) is 25.7 Å². The summed E-state index contributed by atoms with van der Waals surface area (Å²) in [5, 5.41) is 0. The predicted molar refractivity (Wildman–Crippen MR) is 37.1 cm³/mol. The molecule has 3 nitrogen and oxygen atoms in total. The first kappa shape index (κ1) is 6.98. The van der Waals surface area contributed by atoms with E-state index in [1.165, 1.54) is 0 Å². The summed E-state index contributed by atoms with van der Waals surface area (Å²) in [5.41, 5.74) is 0. The molecule has 2 atom stereocenters. The number of Topliss-reactive ketones (excluding diaryl/α,β-unsaturated/α-hetero) is 2. The maximum Gasteiger partial charge on any atom is 0.162 e. The van der Waals surface area contributed by atoms with Crippen LogP contribution in [0, 0.1) is 0 Å². The highest BCUT2D eigenvalue weighted by molar-refractivity contribution is 5.93. The molecule has 2 bridgehead atoms. The zero-order valence-corrected chi connectivity index (χ0v) is 6.21. The summed E-state index contributed by atoms with van der Waals surface area (Å²) in [7, 11) is 0. The molecule has 2 fully saturated rings. The van der Waals surface area contributed by atoms with Gasteiger partial charge in [-0.2, -0.15) is 0 Å². The van der Waals surface area contributed by atoms with Crippen molar-refractivity contribution in [2.24, 2.45) is 0 Å². The Bertz CT molecular complexity index is 187. The van der Waals surface area contributed by atoms with E-state index in [9.17, 15) is 9.59 Å². The second kappa shape index (κ2) is 2.41. The molecule has 3 heteroatoms. The number of hydrogen-bond acceptors (Lipinski definition) is 3. The van der Waals surface area contributed by atoms with E-state index in [1.807, 2.05) is 0 Å². The minimum atomic E-state index is -0.258. The molecule has 60 valence electrons. The highest BCUT2D eigenvalue weighted by atomic mass is 16.5. The summed E-state index contributed by atoms with van der Waals surface area (Å²) in [4.78, 5) is 22.3. The Hall–Kier alpha value is -0.700. The topological polar surface area (TPSA) is 43.4 Å². The number of ketones is 2. The van der Waals surface area contributed by atoms with Crippen LogP contribution in [-0.2, 0) is 14.3 Å². The lowest BCUT2D eigenvalue weighted by molar-refractivity contribution is -0.131. The third kappa shape index (κ3) is 1.09. The fourth-order valence-corrected chi connectivity index (χ4v) is 1.68. The van der Waals surface area contributed by atoms with Gasteiger partial charge in [0.1, 0.15) is 12.2 Å². The van der Waals surface area contributed by atoms with Crippen LogP contribution in [0.3, 0.4) is 0 Å². The standard InChI is InChI=1S/C8H10O3/c9-5-1-2-6(10)8-4-3-7(5)11-8/h7-8H,1-4H2/t7-,8+.